The topological polar surface area (TPSA) is 24.9 Å². The van der Waals surface area contributed by atoms with Gasteiger partial charge < -0.3 is 5.32 Å². The lowest BCUT2D eigenvalue weighted by Crippen LogP contribution is -1.96. The molecule has 0 atom stereocenters. The van der Waals surface area contributed by atoms with Gasteiger partial charge in [-0.1, -0.05) is 35.3 Å². The lowest BCUT2D eigenvalue weighted by molar-refractivity contribution is 0.628. The summed E-state index contributed by atoms with van der Waals surface area (Å²) in [6, 6.07) is 7.68. The maximum Gasteiger partial charge on any atom is 0.145 e. The Balaban J connectivity index is 2.59. The van der Waals surface area contributed by atoms with Gasteiger partial charge in [-0.2, -0.15) is 0 Å². The molecule has 2 nitrogen and oxygen atoms in total. The van der Waals surface area contributed by atoms with Crippen molar-refractivity contribution in [2.75, 3.05) is 12.4 Å². The number of nitrogens with zero attached hydrogens (tertiary/aromatic N) is 1. The summed E-state index contributed by atoms with van der Waals surface area (Å²) in [6.07, 6.45) is 0. The van der Waals surface area contributed by atoms with Crippen LogP contribution in [-0.4, -0.2) is 12.0 Å². The van der Waals surface area contributed by atoms with Crippen molar-refractivity contribution in [3.05, 3.63) is 46.2 Å². The van der Waals surface area contributed by atoms with Gasteiger partial charge in [0.1, 0.15) is 11.6 Å². The number of nitrogens with one attached hydrogen (secondary N) is 1. The number of halogens is 3. The first-order chi connectivity index (χ1) is 8.11. The van der Waals surface area contributed by atoms with Gasteiger partial charge >= 0.3 is 0 Å². The molecule has 1 N–H and O–H groups in total. The van der Waals surface area contributed by atoms with Crippen LogP contribution in [-0.2, 0) is 0 Å². The molecule has 88 valence electrons. The molecular formula is C12H9Cl2FN2. The minimum absolute atomic E-state index is 0.332. The van der Waals surface area contributed by atoms with Crippen molar-refractivity contribution in [2.24, 2.45) is 0 Å². The average molecular weight is 271 g/mol. The van der Waals surface area contributed by atoms with Crippen LogP contribution < -0.4 is 5.32 Å². The van der Waals surface area contributed by atoms with Crippen molar-refractivity contribution in [1.82, 2.24) is 4.98 Å². The normalized spacial score (nSPS) is 10.4. The second-order valence-corrected chi connectivity index (χ2v) is 4.22. The minimum Gasteiger partial charge on any atom is -0.372 e. The highest BCUT2D eigenvalue weighted by Gasteiger charge is 2.10. The lowest BCUT2D eigenvalue weighted by Gasteiger charge is -2.08. The van der Waals surface area contributed by atoms with E-state index in [2.05, 4.69) is 10.3 Å². The van der Waals surface area contributed by atoms with E-state index in [1.54, 1.807) is 25.2 Å². The van der Waals surface area contributed by atoms with E-state index >= 15 is 0 Å². The molecule has 1 aromatic heterocycles. The van der Waals surface area contributed by atoms with Crippen LogP contribution in [0, 0.1) is 5.82 Å². The second-order valence-electron chi connectivity index (χ2n) is 3.41. The van der Waals surface area contributed by atoms with E-state index in [1.165, 1.54) is 12.1 Å². The molecule has 1 heterocycles. The number of rotatable bonds is 2. The third-order valence-electron chi connectivity index (χ3n) is 2.26. The van der Waals surface area contributed by atoms with Gasteiger partial charge in [-0.3, -0.25) is 0 Å². The summed E-state index contributed by atoms with van der Waals surface area (Å²) in [6.45, 7) is 0. The summed E-state index contributed by atoms with van der Waals surface area (Å²) in [4.78, 5) is 4.26. The predicted molar refractivity (Wildman–Crippen MR) is 69.2 cm³/mol. The molecule has 0 aliphatic heterocycles. The van der Waals surface area contributed by atoms with Crippen LogP contribution in [0.25, 0.3) is 11.3 Å². The molecule has 2 aromatic rings. The lowest BCUT2D eigenvalue weighted by atomic mass is 10.1. The fraction of sp³-hybridized carbons (Fsp3) is 0.0833. The van der Waals surface area contributed by atoms with Crippen molar-refractivity contribution >= 4 is 29.0 Å². The molecule has 0 fully saturated rings. The molecule has 17 heavy (non-hydrogen) atoms. The van der Waals surface area contributed by atoms with E-state index in [-0.39, 0.29) is 5.82 Å². The number of anilines is 1. The number of pyridine rings is 1. The van der Waals surface area contributed by atoms with Crippen molar-refractivity contribution < 1.29 is 4.39 Å². The third-order valence-corrected chi connectivity index (χ3v) is 2.84. The zero-order chi connectivity index (χ0) is 12.4. The van der Waals surface area contributed by atoms with Gasteiger partial charge in [-0.25, -0.2) is 9.37 Å². The van der Waals surface area contributed by atoms with Gasteiger partial charge in [0.2, 0.25) is 0 Å². The van der Waals surface area contributed by atoms with Crippen molar-refractivity contribution in [3.8, 4) is 11.3 Å². The van der Waals surface area contributed by atoms with Crippen LogP contribution in [0.15, 0.2) is 30.3 Å². The Hall–Kier alpha value is -1.32. The zero-order valence-electron chi connectivity index (χ0n) is 8.97. The summed E-state index contributed by atoms with van der Waals surface area (Å²) in [7, 11) is 1.71. The van der Waals surface area contributed by atoms with Crippen molar-refractivity contribution in [3.63, 3.8) is 0 Å². The molecule has 0 aliphatic rings. The molecule has 0 saturated heterocycles. The monoisotopic (exact) mass is 270 g/mol. The van der Waals surface area contributed by atoms with E-state index in [0.29, 0.717) is 27.1 Å². The first-order valence-electron chi connectivity index (χ1n) is 4.91. The fourth-order valence-corrected chi connectivity index (χ4v) is 2.04. The number of benzene rings is 1. The van der Waals surface area contributed by atoms with E-state index in [0.717, 1.165) is 0 Å². The molecule has 0 amide bonds. The summed E-state index contributed by atoms with van der Waals surface area (Å²) >= 11 is 12.0. The van der Waals surface area contributed by atoms with Crippen LogP contribution in [0.2, 0.25) is 10.0 Å². The van der Waals surface area contributed by atoms with Crippen LogP contribution in [0.1, 0.15) is 0 Å². The second kappa shape index (κ2) is 4.90. The quantitative estimate of drug-likeness (QED) is 0.883. The Morgan fingerprint density at radius 3 is 2.59 bits per heavy atom. The average Bonchev–Trinajstić information content (AvgIpc) is 2.29. The third kappa shape index (κ3) is 2.51. The molecule has 0 spiro atoms. The summed E-state index contributed by atoms with van der Waals surface area (Å²) in [5, 5.41) is 3.67. The van der Waals surface area contributed by atoms with Gasteiger partial charge in [0.15, 0.2) is 0 Å². The van der Waals surface area contributed by atoms with Crippen molar-refractivity contribution in [1.29, 1.82) is 0 Å². The Kier molecular flexibility index (Phi) is 3.50. The van der Waals surface area contributed by atoms with Gasteiger partial charge in [0.25, 0.3) is 0 Å². The Morgan fingerprint density at radius 2 is 1.94 bits per heavy atom. The van der Waals surface area contributed by atoms with E-state index in [1.807, 2.05) is 0 Å². The highest BCUT2D eigenvalue weighted by molar-refractivity contribution is 6.37. The molecule has 0 radical (unpaired) electrons. The van der Waals surface area contributed by atoms with Crippen LogP contribution >= 0.6 is 23.2 Å². The molecule has 2 rings (SSSR count). The summed E-state index contributed by atoms with van der Waals surface area (Å²) < 4.78 is 13.1. The molecule has 0 aliphatic carbocycles. The molecule has 5 heteroatoms. The minimum atomic E-state index is -0.332. The predicted octanol–water partition coefficient (Wildman–Crippen LogP) is 4.24. The Bertz CT molecular complexity index is 558. The maximum atomic E-state index is 13.1. The van der Waals surface area contributed by atoms with Gasteiger partial charge in [0, 0.05) is 12.6 Å². The zero-order valence-corrected chi connectivity index (χ0v) is 10.5. The highest BCUT2D eigenvalue weighted by atomic mass is 35.5. The maximum absolute atomic E-state index is 13.1. The van der Waals surface area contributed by atoms with Crippen LogP contribution in [0.4, 0.5) is 10.2 Å². The standard InChI is InChI=1S/C12H9Cl2FN2/c1-16-12-10(14)6-9(13)11(17-12)7-3-2-4-8(15)5-7/h2-6H,1H3,(H,16,17). The van der Waals surface area contributed by atoms with Crippen LogP contribution in [0.3, 0.4) is 0 Å². The first-order valence-corrected chi connectivity index (χ1v) is 5.67. The molecule has 1 aromatic carbocycles. The Morgan fingerprint density at radius 1 is 1.18 bits per heavy atom. The number of hydrogen-bond acceptors (Lipinski definition) is 2. The highest BCUT2D eigenvalue weighted by Crippen LogP contribution is 2.32. The SMILES string of the molecule is CNc1nc(-c2cccc(F)c2)c(Cl)cc1Cl. The Labute approximate surface area is 108 Å². The summed E-state index contributed by atoms with van der Waals surface area (Å²) in [5.74, 6) is 0.177. The molecular weight excluding hydrogens is 262 g/mol. The fourth-order valence-electron chi connectivity index (χ4n) is 1.48. The number of aromatic nitrogens is 1. The van der Waals surface area contributed by atoms with Crippen molar-refractivity contribution in [2.45, 2.75) is 0 Å². The molecule has 0 unspecified atom stereocenters. The van der Waals surface area contributed by atoms with Gasteiger partial charge in [-0.05, 0) is 18.2 Å². The smallest absolute Gasteiger partial charge is 0.145 e. The molecule has 0 bridgehead atoms. The largest absolute Gasteiger partial charge is 0.372 e. The first kappa shape index (κ1) is 12.1. The number of hydrogen-bond donors (Lipinski definition) is 1. The van der Waals surface area contributed by atoms with E-state index < -0.39 is 0 Å². The van der Waals surface area contributed by atoms with Gasteiger partial charge in [-0.15, -0.1) is 0 Å². The summed E-state index contributed by atoms with van der Waals surface area (Å²) in [5.41, 5.74) is 1.11. The van der Waals surface area contributed by atoms with E-state index in [9.17, 15) is 4.39 Å². The van der Waals surface area contributed by atoms with Gasteiger partial charge in [0.05, 0.1) is 15.7 Å². The molecule has 0 saturated carbocycles. The van der Waals surface area contributed by atoms with Crippen LogP contribution in [0.5, 0.6) is 0 Å². The van der Waals surface area contributed by atoms with E-state index in [4.69, 9.17) is 23.2 Å².